The van der Waals surface area contributed by atoms with Gasteiger partial charge in [0.05, 0.1) is 0 Å². The molecule has 1 aliphatic heterocycles. The van der Waals surface area contributed by atoms with E-state index in [1.54, 1.807) is 19.2 Å². The Kier molecular flexibility index (Phi) is 8.95. The molecule has 0 bridgehead atoms. The van der Waals surface area contributed by atoms with Crippen LogP contribution in [0.2, 0.25) is 0 Å². The monoisotopic (exact) mass is 503 g/mol. The van der Waals surface area contributed by atoms with Gasteiger partial charge in [-0.2, -0.15) is 0 Å². The van der Waals surface area contributed by atoms with Gasteiger partial charge in [0.25, 0.3) is 0 Å². The van der Waals surface area contributed by atoms with Gasteiger partial charge in [0.2, 0.25) is 0 Å². The molecule has 1 atom stereocenters. The van der Waals surface area contributed by atoms with Crippen LogP contribution in [-0.4, -0.2) is 75.7 Å². The van der Waals surface area contributed by atoms with Crippen molar-refractivity contribution in [2.45, 2.75) is 25.2 Å². The van der Waals surface area contributed by atoms with E-state index in [9.17, 15) is 4.39 Å². The largest absolute Gasteiger partial charge is 0.356 e. The number of hydrogen-bond donors (Lipinski definition) is 2. The van der Waals surface area contributed by atoms with Gasteiger partial charge in [-0.15, -0.1) is 24.0 Å². The number of piperazine rings is 1. The van der Waals surface area contributed by atoms with E-state index in [0.29, 0.717) is 5.92 Å². The maximum absolute atomic E-state index is 14.2. The number of nitrogens with one attached hydrogen (secondary N) is 2. The van der Waals surface area contributed by atoms with Crippen LogP contribution >= 0.6 is 24.0 Å². The lowest BCUT2D eigenvalue weighted by Gasteiger charge is -2.34. The Labute approximate surface area is 186 Å². The smallest absolute Gasteiger partial charge is 0.191 e. The van der Waals surface area contributed by atoms with Gasteiger partial charge in [0, 0.05) is 58.3 Å². The Bertz CT molecular complexity index is 641. The summed E-state index contributed by atoms with van der Waals surface area (Å²) in [6.07, 6.45) is 2.05. The summed E-state index contributed by atoms with van der Waals surface area (Å²) >= 11 is 0. The molecule has 3 rings (SSSR count). The molecule has 2 aliphatic rings. The topological polar surface area (TPSA) is 42.9 Å². The summed E-state index contributed by atoms with van der Waals surface area (Å²) in [4.78, 5) is 9.27. The van der Waals surface area contributed by atoms with Crippen LogP contribution in [0.15, 0.2) is 29.3 Å². The Morgan fingerprint density at radius 3 is 2.46 bits per heavy atom. The number of aliphatic imine (C=N–C) groups is 1. The molecule has 5 nitrogen and oxygen atoms in total. The second-order valence-corrected chi connectivity index (χ2v) is 8.28. The van der Waals surface area contributed by atoms with Crippen LogP contribution < -0.4 is 10.6 Å². The fraction of sp³-hybridized carbons (Fsp3) is 0.667. The van der Waals surface area contributed by atoms with E-state index in [2.05, 4.69) is 39.4 Å². The van der Waals surface area contributed by atoms with Gasteiger partial charge < -0.3 is 20.4 Å². The summed E-state index contributed by atoms with van der Waals surface area (Å²) in [5.74, 6) is 1.26. The summed E-state index contributed by atoms with van der Waals surface area (Å²) in [5.41, 5.74) is 0.755. The fourth-order valence-corrected chi connectivity index (χ4v) is 3.86. The van der Waals surface area contributed by atoms with Gasteiger partial charge in [0.1, 0.15) is 5.82 Å². The van der Waals surface area contributed by atoms with Gasteiger partial charge >= 0.3 is 0 Å². The number of guanidine groups is 1. The third-order valence-corrected chi connectivity index (χ3v) is 5.90. The second-order valence-electron chi connectivity index (χ2n) is 8.28. The number of likely N-dealkylation sites (N-methyl/N-ethyl adjacent to an activating group) is 1. The average molecular weight is 503 g/mol. The molecule has 1 aromatic carbocycles. The molecule has 1 saturated heterocycles. The van der Waals surface area contributed by atoms with Crippen molar-refractivity contribution in [1.82, 2.24) is 20.4 Å². The molecular formula is C21H35FIN5. The van der Waals surface area contributed by atoms with Gasteiger partial charge in [-0.1, -0.05) is 25.1 Å². The number of halogens is 2. The lowest BCUT2D eigenvalue weighted by Crippen LogP contribution is -2.48. The number of rotatable bonds is 7. The molecule has 1 saturated carbocycles. The molecule has 7 heteroatoms. The van der Waals surface area contributed by atoms with Crippen molar-refractivity contribution in [1.29, 1.82) is 0 Å². The van der Waals surface area contributed by atoms with Crippen LogP contribution in [0.5, 0.6) is 0 Å². The summed E-state index contributed by atoms with van der Waals surface area (Å²) in [7, 11) is 3.98. The molecule has 2 fully saturated rings. The minimum absolute atomic E-state index is 0. The second kappa shape index (κ2) is 10.7. The molecule has 1 unspecified atom stereocenters. The first-order chi connectivity index (χ1) is 13.0. The predicted octanol–water partition coefficient (Wildman–Crippen LogP) is 2.52. The average Bonchev–Trinajstić information content (AvgIpc) is 3.45. The molecule has 0 spiro atoms. The number of nitrogens with zero attached hydrogens (tertiary/aromatic N) is 3. The first-order valence-electron chi connectivity index (χ1n) is 10.1. The molecule has 0 amide bonds. The Hall–Kier alpha value is -0.930. The minimum Gasteiger partial charge on any atom is -0.356 e. The van der Waals surface area contributed by atoms with Crippen molar-refractivity contribution in [2.75, 3.05) is 59.9 Å². The summed E-state index contributed by atoms with van der Waals surface area (Å²) < 4.78 is 14.2. The highest BCUT2D eigenvalue weighted by Crippen LogP contribution is 2.48. The van der Waals surface area contributed by atoms with E-state index in [-0.39, 0.29) is 35.2 Å². The van der Waals surface area contributed by atoms with Crippen molar-refractivity contribution in [3.63, 3.8) is 0 Å². The van der Waals surface area contributed by atoms with Crippen molar-refractivity contribution in [3.05, 3.63) is 35.6 Å². The SMILES string of the molecule is CN=C(NCC(C)CN1CCN(C)CC1)NCC1(c2ccccc2F)CC1.I. The molecule has 0 radical (unpaired) electrons. The first kappa shape index (κ1) is 23.3. The molecule has 158 valence electrons. The van der Waals surface area contributed by atoms with Crippen LogP contribution in [0, 0.1) is 11.7 Å². The zero-order chi connectivity index (χ0) is 19.3. The molecular weight excluding hydrogens is 468 g/mol. The lowest BCUT2D eigenvalue weighted by molar-refractivity contribution is 0.139. The minimum atomic E-state index is -0.0967. The maximum atomic E-state index is 14.2. The fourth-order valence-electron chi connectivity index (χ4n) is 3.86. The highest BCUT2D eigenvalue weighted by molar-refractivity contribution is 14.0. The highest BCUT2D eigenvalue weighted by atomic mass is 127. The normalized spacial score (nSPS) is 20.9. The van der Waals surface area contributed by atoms with E-state index in [0.717, 1.165) is 70.2 Å². The van der Waals surface area contributed by atoms with Crippen LogP contribution in [0.25, 0.3) is 0 Å². The van der Waals surface area contributed by atoms with E-state index in [1.807, 2.05) is 12.1 Å². The predicted molar refractivity (Wildman–Crippen MR) is 125 cm³/mol. The van der Waals surface area contributed by atoms with E-state index >= 15 is 0 Å². The van der Waals surface area contributed by atoms with Crippen LogP contribution in [-0.2, 0) is 5.41 Å². The Morgan fingerprint density at radius 1 is 1.18 bits per heavy atom. The number of hydrogen-bond acceptors (Lipinski definition) is 3. The standard InChI is InChI=1S/C21H34FN5.HI/c1-17(15-27-12-10-26(3)11-13-27)14-24-20(23-2)25-16-21(8-9-21)18-6-4-5-7-19(18)22;/h4-7,17H,8-16H2,1-3H3,(H2,23,24,25);1H. The first-order valence-corrected chi connectivity index (χ1v) is 10.1. The van der Waals surface area contributed by atoms with E-state index in [4.69, 9.17) is 0 Å². The zero-order valence-electron chi connectivity index (χ0n) is 17.4. The molecule has 2 N–H and O–H groups in total. The van der Waals surface area contributed by atoms with Gasteiger partial charge in [-0.05, 0) is 37.4 Å². The van der Waals surface area contributed by atoms with Gasteiger partial charge in [0.15, 0.2) is 5.96 Å². The quantitative estimate of drug-likeness (QED) is 0.341. The molecule has 1 heterocycles. The maximum Gasteiger partial charge on any atom is 0.191 e. The van der Waals surface area contributed by atoms with Gasteiger partial charge in [-0.25, -0.2) is 4.39 Å². The highest BCUT2D eigenvalue weighted by Gasteiger charge is 2.45. The zero-order valence-corrected chi connectivity index (χ0v) is 19.7. The third-order valence-electron chi connectivity index (χ3n) is 5.90. The van der Waals surface area contributed by atoms with Crippen LogP contribution in [0.4, 0.5) is 4.39 Å². The van der Waals surface area contributed by atoms with Crippen LogP contribution in [0.1, 0.15) is 25.3 Å². The molecule has 1 aromatic rings. The molecule has 28 heavy (non-hydrogen) atoms. The van der Waals surface area contributed by atoms with Crippen LogP contribution in [0.3, 0.4) is 0 Å². The van der Waals surface area contributed by atoms with E-state index in [1.165, 1.54) is 0 Å². The lowest BCUT2D eigenvalue weighted by atomic mass is 9.95. The summed E-state index contributed by atoms with van der Waals surface area (Å²) in [6.45, 7) is 9.61. The molecule has 0 aromatic heterocycles. The number of benzene rings is 1. The van der Waals surface area contributed by atoms with Crippen molar-refractivity contribution >= 4 is 29.9 Å². The summed E-state index contributed by atoms with van der Waals surface area (Å²) in [5, 5.41) is 6.86. The van der Waals surface area contributed by atoms with Crippen molar-refractivity contribution in [2.24, 2.45) is 10.9 Å². The summed E-state index contributed by atoms with van der Waals surface area (Å²) in [6, 6.07) is 7.15. The molecule has 1 aliphatic carbocycles. The Balaban J connectivity index is 0.00000280. The third kappa shape index (κ3) is 6.29. The van der Waals surface area contributed by atoms with Crippen molar-refractivity contribution < 1.29 is 4.39 Å². The van der Waals surface area contributed by atoms with Gasteiger partial charge in [-0.3, -0.25) is 4.99 Å². The van der Waals surface area contributed by atoms with E-state index < -0.39 is 0 Å². The van der Waals surface area contributed by atoms with Crippen molar-refractivity contribution in [3.8, 4) is 0 Å². The Morgan fingerprint density at radius 2 is 1.86 bits per heavy atom.